The second-order valence-corrected chi connectivity index (χ2v) is 10.4. The highest BCUT2D eigenvalue weighted by atomic mass is 16.5. The van der Waals surface area contributed by atoms with Crippen molar-refractivity contribution in [1.29, 1.82) is 0 Å². The Kier molecular flexibility index (Phi) is 5.80. The van der Waals surface area contributed by atoms with Crippen molar-refractivity contribution in [1.82, 2.24) is 0 Å². The number of nitrogens with zero attached hydrogens (tertiary/aromatic N) is 1. The standard InChI is InChI=1S/C27H34N2O3/c1-17-8-10-22-20(12-17)21(28-19-15-26(2,3)29-27(4,5)16-19)14-24(32-22)18-9-11-23(30-6)25(13-18)31-7/h8-14,19,29H,15-16H2,1-7H3/p+1. The minimum Gasteiger partial charge on any atom is -0.493 e. The molecule has 0 atom stereocenters. The minimum atomic E-state index is 0.160. The van der Waals surface area contributed by atoms with E-state index in [1.54, 1.807) is 14.2 Å². The maximum absolute atomic E-state index is 6.33. The fourth-order valence-corrected chi connectivity index (χ4v) is 5.27. The molecule has 0 unspecified atom stereocenters. The molecule has 0 spiro atoms. The van der Waals surface area contributed by atoms with Crippen LogP contribution in [0.1, 0.15) is 46.1 Å². The zero-order chi connectivity index (χ0) is 23.1. The average Bonchev–Trinajstić information content (AvgIpc) is 2.71. The van der Waals surface area contributed by atoms with Gasteiger partial charge in [-0.3, -0.25) is 4.99 Å². The van der Waals surface area contributed by atoms with Gasteiger partial charge in [-0.2, -0.15) is 0 Å². The van der Waals surface area contributed by atoms with Crippen LogP contribution in [0.4, 0.5) is 0 Å². The number of ether oxygens (including phenoxy) is 2. The molecule has 0 aliphatic carbocycles. The summed E-state index contributed by atoms with van der Waals surface area (Å²) < 4.78 is 17.2. The molecule has 32 heavy (non-hydrogen) atoms. The molecule has 2 aromatic carbocycles. The molecule has 2 N–H and O–H groups in total. The molecular formula is C27H35N2O3+. The van der Waals surface area contributed by atoms with Crippen molar-refractivity contribution in [2.75, 3.05) is 14.2 Å². The van der Waals surface area contributed by atoms with Crippen molar-refractivity contribution in [3.05, 3.63) is 53.4 Å². The number of hydrogen-bond acceptors (Lipinski definition) is 4. The lowest BCUT2D eigenvalue weighted by atomic mass is 9.80. The van der Waals surface area contributed by atoms with Crippen molar-refractivity contribution in [2.45, 2.75) is 64.6 Å². The summed E-state index contributed by atoms with van der Waals surface area (Å²) in [5.74, 6) is 2.14. The summed E-state index contributed by atoms with van der Waals surface area (Å²) in [6.07, 6.45) is 2.09. The fraction of sp³-hybridized carbons (Fsp3) is 0.444. The molecule has 0 radical (unpaired) electrons. The van der Waals surface area contributed by atoms with Crippen LogP contribution in [0, 0.1) is 6.92 Å². The third kappa shape index (κ3) is 4.68. The number of benzene rings is 2. The molecule has 4 rings (SSSR count). The van der Waals surface area contributed by atoms with Gasteiger partial charge >= 0.3 is 0 Å². The molecule has 5 heteroatoms. The molecule has 1 fully saturated rings. The van der Waals surface area contributed by atoms with Gasteiger partial charge in [0.1, 0.15) is 11.3 Å². The highest BCUT2D eigenvalue weighted by molar-refractivity contribution is 5.79. The molecule has 1 aliphatic heterocycles. The highest BCUT2D eigenvalue weighted by Gasteiger charge is 2.41. The average molecular weight is 436 g/mol. The van der Waals surface area contributed by atoms with E-state index in [1.807, 2.05) is 24.3 Å². The molecular weight excluding hydrogens is 400 g/mol. The van der Waals surface area contributed by atoms with Gasteiger partial charge in [-0.1, -0.05) is 11.6 Å². The van der Waals surface area contributed by atoms with Gasteiger partial charge in [0.15, 0.2) is 11.5 Å². The van der Waals surface area contributed by atoms with Crippen LogP contribution < -0.4 is 20.1 Å². The highest BCUT2D eigenvalue weighted by Crippen LogP contribution is 2.33. The Balaban J connectivity index is 1.88. The van der Waals surface area contributed by atoms with Crippen LogP contribution in [0.5, 0.6) is 11.5 Å². The topological polar surface area (TPSA) is 60.6 Å². The lowest BCUT2D eigenvalue weighted by Crippen LogP contribution is -3.05. The van der Waals surface area contributed by atoms with Crippen LogP contribution in [-0.2, 0) is 0 Å². The van der Waals surface area contributed by atoms with E-state index in [0.29, 0.717) is 11.5 Å². The molecule has 5 nitrogen and oxygen atoms in total. The summed E-state index contributed by atoms with van der Waals surface area (Å²) >= 11 is 0. The zero-order valence-corrected chi connectivity index (χ0v) is 20.3. The van der Waals surface area contributed by atoms with Crippen LogP contribution >= 0.6 is 0 Å². The number of piperidine rings is 1. The van der Waals surface area contributed by atoms with Gasteiger partial charge < -0.3 is 19.2 Å². The fourth-order valence-electron chi connectivity index (χ4n) is 5.27. The summed E-state index contributed by atoms with van der Waals surface area (Å²) in [4.78, 5) is 5.31. The van der Waals surface area contributed by atoms with E-state index in [1.165, 1.54) is 5.56 Å². The lowest BCUT2D eigenvalue weighted by molar-refractivity contribution is -0.787. The maximum atomic E-state index is 6.33. The van der Waals surface area contributed by atoms with Crippen molar-refractivity contribution < 1.29 is 19.2 Å². The van der Waals surface area contributed by atoms with Crippen LogP contribution in [0.15, 0.2) is 51.9 Å². The molecule has 1 saturated heterocycles. The Morgan fingerprint density at radius 1 is 0.906 bits per heavy atom. The molecule has 0 bridgehead atoms. The van der Waals surface area contributed by atoms with E-state index in [2.05, 4.69) is 58.1 Å². The normalized spacial score (nSPS) is 18.7. The Morgan fingerprint density at radius 2 is 1.59 bits per heavy atom. The number of fused-ring (bicyclic) bond motifs is 1. The van der Waals surface area contributed by atoms with Crippen LogP contribution in [-0.4, -0.2) is 31.3 Å². The SMILES string of the molecule is COc1ccc(-c2cc(=NC3CC(C)(C)[NH2+]C(C)(C)C3)c3cc(C)ccc3o2)cc1OC. The molecule has 3 aromatic rings. The van der Waals surface area contributed by atoms with E-state index < -0.39 is 0 Å². The van der Waals surface area contributed by atoms with E-state index >= 15 is 0 Å². The molecule has 2 heterocycles. The number of aryl methyl sites for hydroxylation is 1. The van der Waals surface area contributed by atoms with Gasteiger partial charge in [-0.25, -0.2) is 0 Å². The first-order valence-corrected chi connectivity index (χ1v) is 11.3. The number of quaternary nitrogens is 1. The van der Waals surface area contributed by atoms with E-state index in [9.17, 15) is 0 Å². The Bertz CT molecular complexity index is 1190. The van der Waals surface area contributed by atoms with Crippen molar-refractivity contribution in [3.63, 3.8) is 0 Å². The monoisotopic (exact) mass is 435 g/mol. The second kappa shape index (κ2) is 8.28. The third-order valence-corrected chi connectivity index (χ3v) is 6.19. The Hall–Kier alpha value is -2.79. The minimum absolute atomic E-state index is 0.160. The zero-order valence-electron chi connectivity index (χ0n) is 20.3. The largest absolute Gasteiger partial charge is 0.493 e. The molecule has 170 valence electrons. The predicted molar refractivity (Wildman–Crippen MR) is 128 cm³/mol. The summed E-state index contributed by atoms with van der Waals surface area (Å²) in [7, 11) is 3.29. The number of nitrogens with two attached hydrogens (primary N) is 1. The summed E-state index contributed by atoms with van der Waals surface area (Å²) in [6.45, 7) is 11.4. The number of rotatable bonds is 4. The number of methoxy groups -OCH3 is 2. The van der Waals surface area contributed by atoms with Gasteiger partial charge in [0.05, 0.1) is 36.7 Å². The van der Waals surface area contributed by atoms with Gasteiger partial charge in [-0.15, -0.1) is 0 Å². The maximum Gasteiger partial charge on any atom is 0.161 e. The van der Waals surface area contributed by atoms with Gasteiger partial charge in [0.2, 0.25) is 0 Å². The Morgan fingerprint density at radius 3 is 2.25 bits per heavy atom. The smallest absolute Gasteiger partial charge is 0.161 e. The van der Waals surface area contributed by atoms with E-state index in [0.717, 1.165) is 40.5 Å². The van der Waals surface area contributed by atoms with Crippen molar-refractivity contribution >= 4 is 11.0 Å². The van der Waals surface area contributed by atoms with Gasteiger partial charge in [0.25, 0.3) is 0 Å². The first kappa shape index (κ1) is 22.4. The van der Waals surface area contributed by atoms with Crippen LogP contribution in [0.25, 0.3) is 22.3 Å². The summed E-state index contributed by atoms with van der Waals surface area (Å²) in [5, 5.41) is 4.53. The first-order valence-electron chi connectivity index (χ1n) is 11.3. The Labute approximate surface area is 190 Å². The van der Waals surface area contributed by atoms with Crippen molar-refractivity contribution in [2.24, 2.45) is 4.99 Å². The number of hydrogen-bond donors (Lipinski definition) is 1. The van der Waals surface area contributed by atoms with Gasteiger partial charge in [0, 0.05) is 29.9 Å². The van der Waals surface area contributed by atoms with Crippen LogP contribution in [0.2, 0.25) is 0 Å². The van der Waals surface area contributed by atoms with E-state index in [4.69, 9.17) is 18.9 Å². The van der Waals surface area contributed by atoms with Crippen LogP contribution in [0.3, 0.4) is 0 Å². The molecule has 0 saturated carbocycles. The summed E-state index contributed by atoms with van der Waals surface area (Å²) in [5.41, 5.74) is 3.28. The molecule has 0 amide bonds. The van der Waals surface area contributed by atoms with Gasteiger partial charge in [-0.05, 0) is 65.0 Å². The molecule has 1 aromatic heterocycles. The third-order valence-electron chi connectivity index (χ3n) is 6.19. The molecule has 1 aliphatic rings. The summed E-state index contributed by atoms with van der Waals surface area (Å²) in [6, 6.07) is 14.5. The van der Waals surface area contributed by atoms with Crippen molar-refractivity contribution in [3.8, 4) is 22.8 Å². The predicted octanol–water partition coefficient (Wildman–Crippen LogP) is 4.61. The second-order valence-electron chi connectivity index (χ2n) is 10.4. The first-order chi connectivity index (χ1) is 15.1. The van der Waals surface area contributed by atoms with E-state index in [-0.39, 0.29) is 17.1 Å². The quantitative estimate of drug-likeness (QED) is 0.651. The lowest BCUT2D eigenvalue weighted by Gasteiger charge is -2.41.